The Morgan fingerprint density at radius 2 is 0.857 bits per heavy atom. The van der Waals surface area contributed by atoms with Crippen molar-refractivity contribution in [2.45, 2.75) is 250 Å². The van der Waals surface area contributed by atoms with Crippen molar-refractivity contribution in [3.8, 4) is 0 Å². The molecule has 0 radical (unpaired) electrons. The van der Waals surface area contributed by atoms with Gasteiger partial charge in [0.05, 0.1) is 13.0 Å². The second-order valence-electron chi connectivity index (χ2n) is 19.5. The first-order valence-corrected chi connectivity index (χ1v) is 29.5. The van der Waals surface area contributed by atoms with Gasteiger partial charge in [-0.1, -0.05) is 206 Å². The number of hydrogen-bond donors (Lipinski definition) is 3. The zero-order chi connectivity index (χ0) is 56.1. The Hall–Kier alpha value is -4.88. The largest absolute Gasteiger partial charge is 0.479 e. The molecule has 77 heavy (non-hydrogen) atoms. The summed E-state index contributed by atoms with van der Waals surface area (Å²) < 4.78 is 28.2. The minimum atomic E-state index is -1.94. The summed E-state index contributed by atoms with van der Waals surface area (Å²) in [6.45, 7) is 5.64. The first-order valence-electron chi connectivity index (χ1n) is 29.5. The summed E-state index contributed by atoms with van der Waals surface area (Å²) >= 11 is 0. The summed E-state index contributed by atoms with van der Waals surface area (Å²) in [5, 5.41) is 31.5. The minimum absolute atomic E-state index is 0.00877. The van der Waals surface area contributed by atoms with Gasteiger partial charge in [-0.15, -0.1) is 0 Å². The van der Waals surface area contributed by atoms with Gasteiger partial charge in [0, 0.05) is 12.8 Å². The summed E-state index contributed by atoms with van der Waals surface area (Å²) in [6, 6.07) is 0. The lowest BCUT2D eigenvalue weighted by Gasteiger charge is -2.40. The van der Waals surface area contributed by atoms with E-state index >= 15 is 0 Å². The highest BCUT2D eigenvalue weighted by molar-refractivity contribution is 5.74. The number of carbonyl (C=O) groups is 4. The number of esters is 3. The van der Waals surface area contributed by atoms with Crippen LogP contribution in [0.5, 0.6) is 0 Å². The molecule has 0 aromatic carbocycles. The highest BCUT2D eigenvalue weighted by atomic mass is 16.7. The first-order chi connectivity index (χ1) is 37.6. The maximum atomic E-state index is 13.1. The molecule has 1 aliphatic heterocycles. The molecule has 1 aliphatic rings. The van der Waals surface area contributed by atoms with Gasteiger partial charge in [-0.05, 0) is 109 Å². The van der Waals surface area contributed by atoms with E-state index in [1.165, 1.54) is 57.8 Å². The first kappa shape index (κ1) is 70.1. The molecule has 1 heterocycles. The molecule has 0 aromatic heterocycles. The van der Waals surface area contributed by atoms with Gasteiger partial charge in [0.2, 0.25) is 0 Å². The summed E-state index contributed by atoms with van der Waals surface area (Å²) in [5.41, 5.74) is 0. The normalized spacial score (nSPS) is 18.9. The third kappa shape index (κ3) is 41.8. The summed E-state index contributed by atoms with van der Waals surface area (Å²) in [5.74, 6) is -3.37. The van der Waals surface area contributed by atoms with Crippen LogP contribution in [0, 0.1) is 0 Å². The standard InChI is InChI=1S/C65H102O12/c1-4-7-10-13-16-19-22-25-28-29-32-33-36-39-42-45-48-51-57(66)73-54-56(75-58(67)52-49-46-43-40-37-34-30-26-23-20-17-14-11-8-5-2)55-74-65-63(61(70)60(69)62(77-65)64(71)72)76-59(68)53-50-47-44-41-38-35-31-27-24-21-18-15-12-9-6-3/h8-9,11-12,17-18,20-21,25-28,30-31,37-38,40-41,46,49,56,60-63,65,69-70H,4-7,10,13-16,19,22-24,29,32-36,39,42-45,47-48,50-55H2,1-3H3,(H,71,72)/b11-8-,12-9-,20-17-,21-18-,28-25-,30-26-,31-27-,40-37-,41-38-,49-46-. The fraction of sp³-hybridized carbons (Fsp3) is 0.631. The predicted molar refractivity (Wildman–Crippen MR) is 312 cm³/mol. The molecule has 0 spiro atoms. The molecule has 0 saturated carbocycles. The molecule has 434 valence electrons. The third-order valence-corrected chi connectivity index (χ3v) is 12.5. The average Bonchev–Trinajstić information content (AvgIpc) is 3.43. The van der Waals surface area contributed by atoms with E-state index in [1.54, 1.807) is 6.08 Å². The van der Waals surface area contributed by atoms with Gasteiger partial charge in [0.15, 0.2) is 24.6 Å². The smallest absolute Gasteiger partial charge is 0.335 e. The number of aliphatic hydroxyl groups is 2. The number of carboxylic acid groups (broad SMARTS) is 1. The SMILES string of the molecule is CC/C=C\C/C=C\C/C=C\C/C=C\C/C=C\CC(=O)OC(COC(=O)CCCCCCCCC/C=C\CCCCCCCC)COC1OC(C(=O)O)C(O)C(O)C1OC(=O)CCCC/C=C\C/C=C\C/C=C\C/C=C\CC. The average molecular weight is 1080 g/mol. The molecule has 12 heteroatoms. The van der Waals surface area contributed by atoms with Crippen molar-refractivity contribution in [3.05, 3.63) is 122 Å². The second kappa shape index (κ2) is 51.9. The van der Waals surface area contributed by atoms with Gasteiger partial charge in [0.1, 0.15) is 18.8 Å². The van der Waals surface area contributed by atoms with E-state index in [9.17, 15) is 34.5 Å². The molecule has 1 saturated heterocycles. The predicted octanol–water partition coefficient (Wildman–Crippen LogP) is 15.2. The molecular formula is C65H102O12. The van der Waals surface area contributed by atoms with Gasteiger partial charge in [-0.2, -0.15) is 0 Å². The van der Waals surface area contributed by atoms with Gasteiger partial charge in [-0.3, -0.25) is 14.4 Å². The number of hydrogen-bond acceptors (Lipinski definition) is 11. The Labute approximate surface area is 465 Å². The van der Waals surface area contributed by atoms with Gasteiger partial charge < -0.3 is 39.0 Å². The molecule has 0 amide bonds. The van der Waals surface area contributed by atoms with E-state index < -0.39 is 67.3 Å². The van der Waals surface area contributed by atoms with E-state index in [2.05, 4.69) is 118 Å². The lowest BCUT2D eigenvalue weighted by molar-refractivity contribution is -0.301. The zero-order valence-corrected chi connectivity index (χ0v) is 47.7. The third-order valence-electron chi connectivity index (χ3n) is 12.5. The Morgan fingerprint density at radius 3 is 1.35 bits per heavy atom. The van der Waals surface area contributed by atoms with E-state index in [0.29, 0.717) is 25.7 Å². The monoisotopic (exact) mass is 1070 g/mol. The van der Waals surface area contributed by atoms with Crippen molar-refractivity contribution in [3.63, 3.8) is 0 Å². The lowest BCUT2D eigenvalue weighted by atomic mass is 9.98. The quantitative estimate of drug-likeness (QED) is 0.0228. The van der Waals surface area contributed by atoms with Crippen molar-refractivity contribution >= 4 is 23.9 Å². The second-order valence-corrected chi connectivity index (χ2v) is 19.5. The van der Waals surface area contributed by atoms with Crippen molar-refractivity contribution < 1.29 is 58.2 Å². The van der Waals surface area contributed by atoms with Crippen LogP contribution in [0.4, 0.5) is 0 Å². The number of carbonyl (C=O) groups excluding carboxylic acids is 3. The molecular weight excluding hydrogens is 973 g/mol. The Bertz CT molecular complexity index is 1800. The maximum Gasteiger partial charge on any atom is 0.335 e. The van der Waals surface area contributed by atoms with Crippen molar-refractivity contribution in [2.24, 2.45) is 0 Å². The highest BCUT2D eigenvalue weighted by Gasteiger charge is 2.50. The number of allylic oxidation sites excluding steroid dienone is 19. The van der Waals surface area contributed by atoms with Crippen LogP contribution in [0.15, 0.2) is 122 Å². The number of ether oxygens (including phenoxy) is 5. The van der Waals surface area contributed by atoms with Crippen LogP contribution in [0.25, 0.3) is 0 Å². The molecule has 6 unspecified atom stereocenters. The number of aliphatic hydroxyl groups excluding tert-OH is 2. The van der Waals surface area contributed by atoms with Crippen molar-refractivity contribution in [1.82, 2.24) is 0 Å². The molecule has 6 atom stereocenters. The van der Waals surface area contributed by atoms with Crippen LogP contribution in [0.3, 0.4) is 0 Å². The molecule has 0 aliphatic carbocycles. The molecule has 1 fully saturated rings. The fourth-order valence-corrected chi connectivity index (χ4v) is 8.07. The maximum absolute atomic E-state index is 13.1. The van der Waals surface area contributed by atoms with E-state index in [-0.39, 0.29) is 25.9 Å². The summed E-state index contributed by atoms with van der Waals surface area (Å²) in [7, 11) is 0. The summed E-state index contributed by atoms with van der Waals surface area (Å²) in [4.78, 5) is 51.1. The molecule has 12 nitrogen and oxygen atoms in total. The van der Waals surface area contributed by atoms with Crippen LogP contribution in [-0.2, 0) is 42.9 Å². The van der Waals surface area contributed by atoms with E-state index in [0.717, 1.165) is 89.9 Å². The van der Waals surface area contributed by atoms with Crippen LogP contribution < -0.4 is 0 Å². The number of carboxylic acids is 1. The topological polar surface area (TPSA) is 175 Å². The molecule has 0 bridgehead atoms. The van der Waals surface area contributed by atoms with Crippen LogP contribution in [0.1, 0.15) is 213 Å². The van der Waals surface area contributed by atoms with Crippen molar-refractivity contribution in [1.29, 1.82) is 0 Å². The Kier molecular flexibility index (Phi) is 47.2. The minimum Gasteiger partial charge on any atom is -0.479 e. The number of unbranched alkanes of at least 4 members (excludes halogenated alkanes) is 15. The highest BCUT2D eigenvalue weighted by Crippen LogP contribution is 2.26. The van der Waals surface area contributed by atoms with Crippen LogP contribution in [-0.4, -0.2) is 89.2 Å². The zero-order valence-electron chi connectivity index (χ0n) is 47.7. The van der Waals surface area contributed by atoms with Crippen molar-refractivity contribution in [2.75, 3.05) is 13.2 Å². The Morgan fingerprint density at radius 1 is 0.455 bits per heavy atom. The van der Waals surface area contributed by atoms with E-state index in [4.69, 9.17) is 23.7 Å². The lowest BCUT2D eigenvalue weighted by Crippen LogP contribution is -2.61. The van der Waals surface area contributed by atoms with Gasteiger partial charge in [-0.25, -0.2) is 4.79 Å². The number of rotatable bonds is 48. The van der Waals surface area contributed by atoms with E-state index in [1.807, 2.05) is 18.2 Å². The molecule has 0 aromatic rings. The van der Waals surface area contributed by atoms with Gasteiger partial charge >= 0.3 is 23.9 Å². The molecule has 1 rings (SSSR count). The number of aliphatic carboxylic acids is 1. The summed E-state index contributed by atoms with van der Waals surface area (Å²) in [6.07, 6.45) is 59.2. The fourth-order valence-electron chi connectivity index (χ4n) is 8.07. The van der Waals surface area contributed by atoms with Crippen LogP contribution >= 0.6 is 0 Å². The van der Waals surface area contributed by atoms with Gasteiger partial charge in [0.25, 0.3) is 0 Å². The van der Waals surface area contributed by atoms with Crippen LogP contribution in [0.2, 0.25) is 0 Å². The molecule has 3 N–H and O–H groups in total. The Balaban J connectivity index is 2.78.